The summed E-state index contributed by atoms with van der Waals surface area (Å²) < 4.78 is 2.18. The van der Waals surface area contributed by atoms with Gasteiger partial charge in [0, 0.05) is 45.0 Å². The summed E-state index contributed by atoms with van der Waals surface area (Å²) in [5.74, 6) is 1.02. The molecule has 0 radical (unpaired) electrons. The molecule has 5 nitrogen and oxygen atoms in total. The van der Waals surface area contributed by atoms with Gasteiger partial charge in [0.2, 0.25) is 5.95 Å². The highest BCUT2D eigenvalue weighted by molar-refractivity contribution is 5.32. The molecule has 0 spiro atoms. The third-order valence-corrected chi connectivity index (χ3v) is 2.83. The average molecular weight is 193 g/mol. The van der Waals surface area contributed by atoms with Crippen LogP contribution in [0.1, 0.15) is 5.69 Å². The van der Waals surface area contributed by atoms with Crippen molar-refractivity contribution in [1.29, 1.82) is 0 Å². The highest BCUT2D eigenvalue weighted by atomic mass is 15.3. The summed E-state index contributed by atoms with van der Waals surface area (Å²) in [6.45, 7) is 5.01. The molecule has 5 heteroatoms. The Labute approximate surface area is 82.9 Å². The summed E-state index contributed by atoms with van der Waals surface area (Å²) in [6.07, 6.45) is 2.14. The Kier molecular flexibility index (Phi) is 1.75. The smallest absolute Gasteiger partial charge is 0.203 e. The van der Waals surface area contributed by atoms with Gasteiger partial charge < -0.3 is 15.6 Å². The number of anilines is 1. The lowest BCUT2D eigenvalue weighted by molar-refractivity contribution is 0.141. The lowest BCUT2D eigenvalue weighted by Crippen LogP contribution is -2.54. The summed E-state index contributed by atoms with van der Waals surface area (Å²) in [5.41, 5.74) is 6.87. The maximum atomic E-state index is 5.72. The van der Waals surface area contributed by atoms with Gasteiger partial charge in [-0.1, -0.05) is 0 Å². The van der Waals surface area contributed by atoms with E-state index in [2.05, 4.69) is 26.0 Å². The average Bonchev–Trinajstić information content (AvgIpc) is 2.60. The fourth-order valence-electron chi connectivity index (χ4n) is 2.11. The lowest BCUT2D eigenvalue weighted by atomic mass is 10.1. The first-order valence-corrected chi connectivity index (χ1v) is 5.09. The van der Waals surface area contributed by atoms with Crippen molar-refractivity contribution in [2.24, 2.45) is 5.73 Å². The van der Waals surface area contributed by atoms with Crippen molar-refractivity contribution in [2.75, 3.05) is 25.0 Å². The van der Waals surface area contributed by atoms with Gasteiger partial charge in [0.1, 0.15) is 0 Å². The highest BCUT2D eigenvalue weighted by Crippen LogP contribution is 2.16. The second-order valence-corrected chi connectivity index (χ2v) is 4.13. The predicted molar refractivity (Wildman–Crippen MR) is 54.0 cm³/mol. The number of imidazole rings is 1. The molecule has 0 amide bonds. The van der Waals surface area contributed by atoms with E-state index < -0.39 is 0 Å². The van der Waals surface area contributed by atoms with Gasteiger partial charge in [0.25, 0.3) is 0 Å². The van der Waals surface area contributed by atoms with Crippen LogP contribution in [0, 0.1) is 0 Å². The fourth-order valence-corrected chi connectivity index (χ4v) is 2.11. The van der Waals surface area contributed by atoms with Crippen LogP contribution in [0.2, 0.25) is 0 Å². The number of hydrogen-bond donors (Lipinski definition) is 2. The largest absolute Gasteiger partial charge is 0.354 e. The van der Waals surface area contributed by atoms with E-state index in [-0.39, 0.29) is 0 Å². The van der Waals surface area contributed by atoms with E-state index in [1.54, 1.807) is 0 Å². The number of rotatable bonds is 2. The van der Waals surface area contributed by atoms with Gasteiger partial charge in [0.05, 0.1) is 5.69 Å². The van der Waals surface area contributed by atoms with Crippen molar-refractivity contribution < 1.29 is 0 Å². The van der Waals surface area contributed by atoms with Crippen molar-refractivity contribution in [2.45, 2.75) is 19.1 Å². The third kappa shape index (κ3) is 1.29. The number of hydrogen-bond acceptors (Lipinski definition) is 4. The van der Waals surface area contributed by atoms with Gasteiger partial charge in [0.15, 0.2) is 0 Å². The molecule has 0 saturated carbocycles. The van der Waals surface area contributed by atoms with E-state index >= 15 is 0 Å². The molecule has 2 aliphatic heterocycles. The minimum atomic E-state index is 0.377. The topological polar surface area (TPSA) is 59.1 Å². The number of nitrogens with one attached hydrogen (secondary N) is 1. The zero-order chi connectivity index (χ0) is 9.54. The molecule has 3 N–H and O–H groups in total. The molecule has 0 aliphatic carbocycles. The first-order chi connectivity index (χ1) is 6.81. The van der Waals surface area contributed by atoms with Crippen LogP contribution in [-0.2, 0) is 13.1 Å². The SMILES string of the molecule is NC1CN(Cc2cn3c(n2)NCC3)C1. The summed E-state index contributed by atoms with van der Waals surface area (Å²) in [7, 11) is 0. The van der Waals surface area contributed by atoms with Gasteiger partial charge in [-0.3, -0.25) is 4.90 Å². The quantitative estimate of drug-likeness (QED) is 0.662. The maximum Gasteiger partial charge on any atom is 0.203 e. The normalized spacial score (nSPS) is 21.8. The number of nitrogens with two attached hydrogens (primary N) is 1. The molecular formula is C9H15N5. The Morgan fingerprint density at radius 1 is 1.57 bits per heavy atom. The van der Waals surface area contributed by atoms with E-state index in [0.717, 1.165) is 44.4 Å². The van der Waals surface area contributed by atoms with E-state index in [9.17, 15) is 0 Å². The molecule has 0 atom stereocenters. The summed E-state index contributed by atoms with van der Waals surface area (Å²) in [5, 5.41) is 3.25. The third-order valence-electron chi connectivity index (χ3n) is 2.83. The first kappa shape index (κ1) is 8.26. The Hall–Kier alpha value is -1.07. The van der Waals surface area contributed by atoms with E-state index in [4.69, 9.17) is 5.73 Å². The Morgan fingerprint density at radius 3 is 3.14 bits per heavy atom. The minimum absolute atomic E-state index is 0.377. The maximum absolute atomic E-state index is 5.72. The van der Waals surface area contributed by atoms with Crippen LogP contribution in [0.4, 0.5) is 5.95 Å². The molecule has 1 aromatic heterocycles. The zero-order valence-electron chi connectivity index (χ0n) is 8.11. The first-order valence-electron chi connectivity index (χ1n) is 5.09. The van der Waals surface area contributed by atoms with Crippen LogP contribution in [0.5, 0.6) is 0 Å². The number of aromatic nitrogens is 2. The lowest BCUT2D eigenvalue weighted by Gasteiger charge is -2.36. The van der Waals surface area contributed by atoms with E-state index in [0.29, 0.717) is 6.04 Å². The predicted octanol–water partition coefficient (Wildman–Crippen LogP) is -0.549. The molecule has 2 aliphatic rings. The van der Waals surface area contributed by atoms with Crippen LogP contribution in [-0.4, -0.2) is 40.1 Å². The summed E-state index contributed by atoms with van der Waals surface area (Å²) >= 11 is 0. The van der Waals surface area contributed by atoms with Gasteiger partial charge in [-0.2, -0.15) is 0 Å². The summed E-state index contributed by atoms with van der Waals surface area (Å²) in [6, 6.07) is 0.377. The van der Waals surface area contributed by atoms with Crippen molar-refractivity contribution >= 4 is 5.95 Å². The molecule has 3 heterocycles. The van der Waals surface area contributed by atoms with Gasteiger partial charge in [-0.25, -0.2) is 4.98 Å². The van der Waals surface area contributed by atoms with Crippen LogP contribution in [0.25, 0.3) is 0 Å². The van der Waals surface area contributed by atoms with Crippen LogP contribution in [0.3, 0.4) is 0 Å². The summed E-state index contributed by atoms with van der Waals surface area (Å²) in [4.78, 5) is 6.83. The molecule has 0 aromatic carbocycles. The van der Waals surface area contributed by atoms with Crippen molar-refractivity contribution in [1.82, 2.24) is 14.5 Å². The van der Waals surface area contributed by atoms with Crippen molar-refractivity contribution in [3.8, 4) is 0 Å². The van der Waals surface area contributed by atoms with E-state index in [1.165, 1.54) is 0 Å². The van der Waals surface area contributed by atoms with Gasteiger partial charge >= 0.3 is 0 Å². The Bertz CT molecular complexity index is 317. The molecule has 76 valence electrons. The molecule has 3 rings (SSSR count). The standard InChI is InChI=1S/C9H15N5/c10-7-3-13(4-7)5-8-6-14-2-1-11-9(14)12-8/h6-7H,1-5,10H2,(H,11,12). The molecule has 1 aromatic rings. The monoisotopic (exact) mass is 193 g/mol. The molecule has 0 bridgehead atoms. The highest BCUT2D eigenvalue weighted by Gasteiger charge is 2.24. The zero-order valence-corrected chi connectivity index (χ0v) is 8.11. The van der Waals surface area contributed by atoms with Gasteiger partial charge in [-0.15, -0.1) is 0 Å². The number of likely N-dealkylation sites (tertiary alicyclic amines) is 1. The van der Waals surface area contributed by atoms with Crippen LogP contribution in [0.15, 0.2) is 6.20 Å². The Balaban J connectivity index is 1.66. The molecule has 1 saturated heterocycles. The Morgan fingerprint density at radius 2 is 2.43 bits per heavy atom. The van der Waals surface area contributed by atoms with Gasteiger partial charge in [-0.05, 0) is 0 Å². The second-order valence-electron chi connectivity index (χ2n) is 4.13. The second kappa shape index (κ2) is 2.96. The van der Waals surface area contributed by atoms with Crippen molar-refractivity contribution in [3.63, 3.8) is 0 Å². The van der Waals surface area contributed by atoms with E-state index in [1.807, 2.05) is 0 Å². The number of nitrogens with zero attached hydrogens (tertiary/aromatic N) is 3. The fraction of sp³-hybridized carbons (Fsp3) is 0.667. The molecular weight excluding hydrogens is 178 g/mol. The minimum Gasteiger partial charge on any atom is -0.354 e. The molecule has 1 fully saturated rings. The number of fused-ring (bicyclic) bond motifs is 1. The van der Waals surface area contributed by atoms with Crippen LogP contribution >= 0.6 is 0 Å². The van der Waals surface area contributed by atoms with Crippen LogP contribution < -0.4 is 11.1 Å². The molecule has 0 unspecified atom stereocenters. The van der Waals surface area contributed by atoms with Crippen molar-refractivity contribution in [3.05, 3.63) is 11.9 Å². The molecule has 14 heavy (non-hydrogen) atoms.